The van der Waals surface area contributed by atoms with Crippen LogP contribution in [0, 0.1) is 18.8 Å². The molecule has 1 aromatic carbocycles. The van der Waals surface area contributed by atoms with E-state index in [9.17, 15) is 9.90 Å². The van der Waals surface area contributed by atoms with Crippen LogP contribution in [0.3, 0.4) is 0 Å². The Kier molecular flexibility index (Phi) is 7.24. The van der Waals surface area contributed by atoms with Crippen LogP contribution in [-0.4, -0.2) is 55.8 Å². The predicted molar refractivity (Wildman–Crippen MR) is 134 cm³/mol. The molecule has 1 amide bonds. The zero-order chi connectivity index (χ0) is 25.2. The molecule has 9 heteroatoms. The second kappa shape index (κ2) is 10.2. The number of aliphatic hydroxyl groups excluding tert-OH is 1. The maximum atomic E-state index is 13.1. The number of rotatable bonds is 5. The van der Waals surface area contributed by atoms with Gasteiger partial charge in [-0.2, -0.15) is 5.10 Å². The largest absolute Gasteiger partial charge is 0.356 e. The van der Waals surface area contributed by atoms with Gasteiger partial charge in [-0.1, -0.05) is 41.6 Å². The molecule has 1 aliphatic rings. The predicted octanol–water partition coefficient (Wildman–Crippen LogP) is 3.84. The molecule has 2 N–H and O–H groups in total. The average molecular weight is 494 g/mol. The first-order chi connectivity index (χ1) is 16.6. The maximum absolute atomic E-state index is 13.1. The van der Waals surface area contributed by atoms with E-state index in [1.165, 1.54) is 6.20 Å². The maximum Gasteiger partial charge on any atom is 0.276 e. The van der Waals surface area contributed by atoms with Crippen molar-refractivity contribution >= 4 is 23.3 Å². The van der Waals surface area contributed by atoms with Crippen molar-refractivity contribution in [3.8, 4) is 11.8 Å². The minimum atomic E-state index is -1.02. The van der Waals surface area contributed by atoms with Crippen LogP contribution < -0.4 is 5.32 Å². The number of carbonyl (C=O) groups excluding carboxylic acids is 1. The summed E-state index contributed by atoms with van der Waals surface area (Å²) in [4.78, 5) is 19.2. The van der Waals surface area contributed by atoms with Crippen LogP contribution in [0.15, 0.2) is 48.8 Å². The van der Waals surface area contributed by atoms with Gasteiger partial charge in [0, 0.05) is 30.4 Å². The Hall–Kier alpha value is -3.22. The van der Waals surface area contributed by atoms with Gasteiger partial charge < -0.3 is 15.2 Å². The number of nitrogens with one attached hydrogen (secondary N) is 1. The number of aromatic nitrogens is 3. The number of ether oxygens (including phenoxy) is 1. The molecule has 182 valence electrons. The number of pyridine rings is 1. The molecule has 0 aliphatic carbocycles. The van der Waals surface area contributed by atoms with Crippen LogP contribution in [0.4, 0.5) is 5.82 Å². The van der Waals surface area contributed by atoms with Gasteiger partial charge in [-0.3, -0.25) is 14.4 Å². The van der Waals surface area contributed by atoms with Crippen LogP contribution in [0.25, 0.3) is 0 Å². The second-order valence-corrected chi connectivity index (χ2v) is 9.82. The van der Waals surface area contributed by atoms with Crippen molar-refractivity contribution < 1.29 is 14.6 Å². The molecule has 2 aromatic heterocycles. The quantitative estimate of drug-likeness (QED) is 0.414. The second-order valence-electron chi connectivity index (χ2n) is 9.41. The lowest BCUT2D eigenvalue weighted by atomic mass is 10.1. The summed E-state index contributed by atoms with van der Waals surface area (Å²) in [5, 5.41) is 17.6. The van der Waals surface area contributed by atoms with E-state index in [2.05, 4.69) is 27.2 Å². The van der Waals surface area contributed by atoms with Crippen molar-refractivity contribution in [1.82, 2.24) is 19.7 Å². The van der Waals surface area contributed by atoms with Crippen molar-refractivity contribution in [3.63, 3.8) is 0 Å². The van der Waals surface area contributed by atoms with Crippen LogP contribution in [0.2, 0.25) is 5.02 Å². The van der Waals surface area contributed by atoms with Gasteiger partial charge in [-0.15, -0.1) is 0 Å². The molecule has 1 aliphatic heterocycles. The number of benzene rings is 1. The molecule has 8 nitrogen and oxygen atoms in total. The van der Waals surface area contributed by atoms with E-state index in [-0.39, 0.29) is 16.8 Å². The molecule has 4 rings (SSSR count). The molecule has 1 unspecified atom stereocenters. The molecule has 3 aromatic rings. The van der Waals surface area contributed by atoms with Gasteiger partial charge in [-0.05, 0) is 51.5 Å². The minimum Gasteiger partial charge on any atom is -0.356 e. The molecule has 1 atom stereocenters. The first-order valence-corrected chi connectivity index (χ1v) is 11.7. The number of nitrogens with zero attached hydrogens (tertiary/aromatic N) is 4. The monoisotopic (exact) mass is 493 g/mol. The van der Waals surface area contributed by atoms with E-state index in [0.29, 0.717) is 18.9 Å². The summed E-state index contributed by atoms with van der Waals surface area (Å²) < 4.78 is 7.17. The molecule has 0 bridgehead atoms. The van der Waals surface area contributed by atoms with Crippen molar-refractivity contribution in [2.24, 2.45) is 0 Å². The standard InChI is InChI=1S/C26H28ClN5O3/c1-17-12-19(11-10-18-8-6-5-7-9-18)13-28-23(17)30-24(33)22-21(27)14-29-32(22)20-15-31(16-20)25(34)35-26(2,3)4/h5-9,12-14,20,25,34H,15-16H2,1-4H3,(H,28,30,33). The number of aryl methyl sites for hydroxylation is 1. The van der Waals surface area contributed by atoms with Gasteiger partial charge in [-0.25, -0.2) is 4.98 Å². The first kappa shape index (κ1) is 24.9. The Labute approximate surface area is 209 Å². The number of carbonyl (C=O) groups is 1. The van der Waals surface area contributed by atoms with Crippen molar-refractivity contribution in [2.75, 3.05) is 18.4 Å². The molecule has 1 fully saturated rings. The van der Waals surface area contributed by atoms with Crippen LogP contribution in [0.5, 0.6) is 0 Å². The summed E-state index contributed by atoms with van der Waals surface area (Å²) in [6.07, 6.45) is 2.05. The van der Waals surface area contributed by atoms with E-state index in [0.717, 1.165) is 16.7 Å². The molecule has 3 heterocycles. The number of anilines is 1. The van der Waals surface area contributed by atoms with Gasteiger partial charge in [0.25, 0.3) is 5.91 Å². The number of likely N-dealkylation sites (tertiary alicyclic amines) is 1. The van der Waals surface area contributed by atoms with Gasteiger partial charge in [0.05, 0.1) is 22.9 Å². The summed E-state index contributed by atoms with van der Waals surface area (Å²) >= 11 is 6.31. The van der Waals surface area contributed by atoms with Crippen LogP contribution in [0.1, 0.15) is 54.0 Å². The number of halogens is 1. The summed E-state index contributed by atoms with van der Waals surface area (Å²) in [7, 11) is 0. The first-order valence-electron chi connectivity index (χ1n) is 11.3. The third-order valence-electron chi connectivity index (χ3n) is 5.41. The fraction of sp³-hybridized carbons (Fsp3) is 0.346. The number of aliphatic hydroxyl groups is 1. The van der Waals surface area contributed by atoms with Gasteiger partial charge in [0.1, 0.15) is 11.5 Å². The number of amides is 1. The fourth-order valence-corrected chi connectivity index (χ4v) is 3.87. The number of hydrogen-bond donors (Lipinski definition) is 2. The molecule has 0 saturated carbocycles. The molecule has 0 spiro atoms. The SMILES string of the molecule is Cc1cc(C#Cc2ccccc2)cnc1NC(=O)c1c(Cl)cnn1C1CN(C(O)OC(C)(C)C)C1. The normalized spacial score (nSPS) is 15.1. The topological polar surface area (TPSA) is 92.5 Å². The van der Waals surface area contributed by atoms with E-state index < -0.39 is 17.9 Å². The highest BCUT2D eigenvalue weighted by molar-refractivity contribution is 6.34. The Bertz CT molecular complexity index is 1270. The Balaban J connectivity index is 1.43. The molecule has 0 radical (unpaired) electrons. The Morgan fingerprint density at radius 1 is 1.20 bits per heavy atom. The van der Waals surface area contributed by atoms with Crippen molar-refractivity contribution in [1.29, 1.82) is 0 Å². The summed E-state index contributed by atoms with van der Waals surface area (Å²) in [5.74, 6) is 6.21. The van der Waals surface area contributed by atoms with Gasteiger partial charge >= 0.3 is 0 Å². The minimum absolute atomic E-state index is 0.119. The van der Waals surface area contributed by atoms with Crippen molar-refractivity contribution in [2.45, 2.75) is 45.8 Å². The van der Waals surface area contributed by atoms with E-state index in [1.807, 2.05) is 64.1 Å². The van der Waals surface area contributed by atoms with E-state index in [4.69, 9.17) is 16.3 Å². The summed E-state index contributed by atoms with van der Waals surface area (Å²) in [5.41, 5.74) is 2.21. The van der Waals surface area contributed by atoms with Crippen LogP contribution >= 0.6 is 11.6 Å². The summed E-state index contributed by atoms with van der Waals surface area (Å²) in [6, 6.07) is 11.4. The fourth-order valence-electron chi connectivity index (χ4n) is 3.65. The molecular weight excluding hydrogens is 466 g/mol. The van der Waals surface area contributed by atoms with E-state index >= 15 is 0 Å². The molecule has 1 saturated heterocycles. The van der Waals surface area contributed by atoms with Crippen molar-refractivity contribution in [3.05, 3.63) is 76.2 Å². The lowest BCUT2D eigenvalue weighted by Crippen LogP contribution is -2.55. The van der Waals surface area contributed by atoms with Crippen LogP contribution in [-0.2, 0) is 4.74 Å². The highest BCUT2D eigenvalue weighted by Gasteiger charge is 2.37. The summed E-state index contributed by atoms with van der Waals surface area (Å²) in [6.45, 7) is 8.43. The zero-order valence-electron chi connectivity index (χ0n) is 20.1. The lowest BCUT2D eigenvalue weighted by Gasteiger charge is -2.43. The molecule has 35 heavy (non-hydrogen) atoms. The number of hydrogen-bond acceptors (Lipinski definition) is 6. The zero-order valence-corrected chi connectivity index (χ0v) is 20.9. The molecular formula is C26H28ClN5O3. The van der Waals surface area contributed by atoms with E-state index in [1.54, 1.807) is 15.8 Å². The highest BCUT2D eigenvalue weighted by atomic mass is 35.5. The smallest absolute Gasteiger partial charge is 0.276 e. The lowest BCUT2D eigenvalue weighted by molar-refractivity contribution is -0.259. The van der Waals surface area contributed by atoms with Gasteiger partial charge in [0.2, 0.25) is 6.41 Å². The third kappa shape index (κ3) is 6.08. The highest BCUT2D eigenvalue weighted by Crippen LogP contribution is 2.29. The average Bonchev–Trinajstić information content (AvgIpc) is 3.13. The Morgan fingerprint density at radius 3 is 2.54 bits per heavy atom. The Morgan fingerprint density at radius 2 is 1.89 bits per heavy atom. The third-order valence-corrected chi connectivity index (χ3v) is 5.69. The van der Waals surface area contributed by atoms with Gasteiger partial charge in [0.15, 0.2) is 0 Å².